The number of carbonyl (C=O) groups is 2. The molecule has 1 atom stereocenters. The van der Waals surface area contributed by atoms with E-state index in [1.54, 1.807) is 56.5 Å². The smallest absolute Gasteiger partial charge is 0.304 e. The van der Waals surface area contributed by atoms with Crippen molar-refractivity contribution < 1.29 is 22.7 Å². The maximum Gasteiger partial charge on any atom is 0.304 e. The minimum absolute atomic E-state index is 0.0902. The van der Waals surface area contributed by atoms with E-state index in [2.05, 4.69) is 5.32 Å². The van der Waals surface area contributed by atoms with E-state index in [-0.39, 0.29) is 18.5 Å². The molecule has 0 aromatic heterocycles. The topological polar surface area (TPSA) is 99.3 Å². The van der Waals surface area contributed by atoms with Crippen molar-refractivity contribution in [1.82, 2.24) is 14.5 Å². The Labute approximate surface area is 220 Å². The standard InChI is InChI=1S/C27H38N4O5S/c1-21(27(33)28-23-13-7-5-8-14-23)30(19-22-12-11-17-25(18-22)36-4)26(32)20-31(37(34,35)29(2)3)24-15-9-6-10-16-24/h6,9-12,15-18,21,23H,5,7-8,13-14,19-20H2,1-4H3,(H,28,33)/t21-/m0/s1. The number of nitrogens with zero attached hydrogens (tertiary/aromatic N) is 3. The van der Waals surface area contributed by atoms with Gasteiger partial charge in [-0.1, -0.05) is 49.6 Å². The molecule has 10 heteroatoms. The van der Waals surface area contributed by atoms with Crippen LogP contribution in [-0.4, -0.2) is 69.3 Å². The summed E-state index contributed by atoms with van der Waals surface area (Å²) in [4.78, 5) is 28.5. The molecule has 1 fully saturated rings. The molecule has 9 nitrogen and oxygen atoms in total. The van der Waals surface area contributed by atoms with E-state index in [4.69, 9.17) is 4.74 Å². The van der Waals surface area contributed by atoms with Crippen molar-refractivity contribution in [3.63, 3.8) is 0 Å². The van der Waals surface area contributed by atoms with Crippen LogP contribution in [0.1, 0.15) is 44.6 Å². The Bertz CT molecular complexity index is 1150. The van der Waals surface area contributed by atoms with Gasteiger partial charge >= 0.3 is 10.2 Å². The minimum Gasteiger partial charge on any atom is -0.497 e. The largest absolute Gasteiger partial charge is 0.497 e. The molecule has 2 amide bonds. The quantitative estimate of drug-likeness (QED) is 0.481. The van der Waals surface area contributed by atoms with Crippen molar-refractivity contribution in [3.05, 3.63) is 60.2 Å². The molecule has 202 valence electrons. The van der Waals surface area contributed by atoms with Crippen LogP contribution >= 0.6 is 0 Å². The summed E-state index contributed by atoms with van der Waals surface area (Å²) in [5, 5.41) is 3.10. The van der Waals surface area contributed by atoms with Gasteiger partial charge in [0, 0.05) is 26.7 Å². The molecule has 3 rings (SSSR count). The van der Waals surface area contributed by atoms with Crippen LogP contribution in [0.2, 0.25) is 0 Å². The molecule has 1 aliphatic carbocycles. The van der Waals surface area contributed by atoms with Crippen LogP contribution in [0.4, 0.5) is 5.69 Å². The summed E-state index contributed by atoms with van der Waals surface area (Å²) in [6.07, 6.45) is 5.15. The lowest BCUT2D eigenvalue weighted by Crippen LogP contribution is -2.53. The fourth-order valence-electron chi connectivity index (χ4n) is 4.43. The van der Waals surface area contributed by atoms with Gasteiger partial charge in [0.05, 0.1) is 12.8 Å². The molecule has 0 saturated heterocycles. The van der Waals surface area contributed by atoms with Gasteiger partial charge in [0.1, 0.15) is 18.3 Å². The Morgan fingerprint density at radius 2 is 1.70 bits per heavy atom. The highest BCUT2D eigenvalue weighted by atomic mass is 32.2. The van der Waals surface area contributed by atoms with Crippen LogP contribution in [0, 0.1) is 0 Å². The van der Waals surface area contributed by atoms with Crippen molar-refractivity contribution in [2.75, 3.05) is 32.1 Å². The number of methoxy groups -OCH3 is 1. The predicted octanol–water partition coefficient (Wildman–Crippen LogP) is 3.17. The summed E-state index contributed by atoms with van der Waals surface area (Å²) in [7, 11) is 0.429. The van der Waals surface area contributed by atoms with E-state index in [0.29, 0.717) is 11.4 Å². The molecule has 37 heavy (non-hydrogen) atoms. The first-order valence-electron chi connectivity index (χ1n) is 12.6. The van der Waals surface area contributed by atoms with Crippen molar-refractivity contribution in [2.24, 2.45) is 0 Å². The lowest BCUT2D eigenvalue weighted by atomic mass is 9.95. The summed E-state index contributed by atoms with van der Waals surface area (Å²) < 4.78 is 33.8. The zero-order valence-electron chi connectivity index (χ0n) is 22.1. The van der Waals surface area contributed by atoms with E-state index in [1.807, 2.05) is 12.1 Å². The van der Waals surface area contributed by atoms with E-state index in [9.17, 15) is 18.0 Å². The van der Waals surface area contributed by atoms with Gasteiger partial charge in [0.2, 0.25) is 11.8 Å². The summed E-state index contributed by atoms with van der Waals surface area (Å²) in [6, 6.07) is 15.0. The molecule has 1 aliphatic rings. The van der Waals surface area contributed by atoms with E-state index < -0.39 is 28.7 Å². The number of carbonyl (C=O) groups excluding carboxylic acids is 2. The Hall–Kier alpha value is -3.11. The van der Waals surface area contributed by atoms with E-state index >= 15 is 0 Å². The molecular weight excluding hydrogens is 492 g/mol. The van der Waals surface area contributed by atoms with Crippen molar-refractivity contribution in [1.29, 1.82) is 0 Å². The highest BCUT2D eigenvalue weighted by Gasteiger charge is 2.33. The van der Waals surface area contributed by atoms with Gasteiger partial charge in [0.25, 0.3) is 0 Å². The lowest BCUT2D eigenvalue weighted by molar-refractivity contribution is -0.139. The molecule has 0 radical (unpaired) electrons. The van der Waals surface area contributed by atoms with Gasteiger partial charge < -0.3 is 15.0 Å². The monoisotopic (exact) mass is 530 g/mol. The highest BCUT2D eigenvalue weighted by Crippen LogP contribution is 2.22. The molecule has 2 aromatic rings. The molecule has 1 saturated carbocycles. The second-order valence-electron chi connectivity index (χ2n) is 9.53. The number of hydrogen-bond donors (Lipinski definition) is 1. The first-order valence-corrected chi connectivity index (χ1v) is 14.0. The van der Waals surface area contributed by atoms with Crippen molar-refractivity contribution >= 4 is 27.7 Å². The minimum atomic E-state index is -3.97. The number of hydrogen-bond acceptors (Lipinski definition) is 5. The van der Waals surface area contributed by atoms with Gasteiger partial charge in [-0.3, -0.25) is 9.59 Å². The van der Waals surface area contributed by atoms with Crippen LogP contribution in [0.15, 0.2) is 54.6 Å². The van der Waals surface area contributed by atoms with E-state index in [1.165, 1.54) is 19.0 Å². The number of para-hydroxylation sites is 1. The third kappa shape index (κ3) is 7.45. The number of nitrogens with one attached hydrogen (secondary N) is 1. The fraction of sp³-hybridized carbons (Fsp3) is 0.481. The Morgan fingerprint density at radius 3 is 2.32 bits per heavy atom. The molecule has 1 N–H and O–H groups in total. The molecule has 0 spiro atoms. The first kappa shape index (κ1) is 28.5. The summed E-state index contributed by atoms with van der Waals surface area (Å²) >= 11 is 0. The summed E-state index contributed by atoms with van der Waals surface area (Å²) in [5.41, 5.74) is 1.14. The van der Waals surface area contributed by atoms with Crippen molar-refractivity contribution in [2.45, 2.75) is 57.7 Å². The molecule has 2 aromatic carbocycles. The number of amides is 2. The van der Waals surface area contributed by atoms with Gasteiger partial charge in [0.15, 0.2) is 0 Å². The van der Waals surface area contributed by atoms with Gasteiger partial charge in [-0.25, -0.2) is 4.31 Å². The second-order valence-corrected chi connectivity index (χ2v) is 11.6. The Balaban J connectivity index is 1.91. The van der Waals surface area contributed by atoms with Crippen LogP contribution in [0.5, 0.6) is 5.75 Å². The maximum absolute atomic E-state index is 13.8. The zero-order valence-corrected chi connectivity index (χ0v) is 22.9. The van der Waals surface area contributed by atoms with Crippen molar-refractivity contribution in [3.8, 4) is 5.75 Å². The molecular formula is C27H38N4O5S. The fourth-order valence-corrected chi connectivity index (χ4v) is 5.49. The molecule has 0 bridgehead atoms. The van der Waals surface area contributed by atoms with Gasteiger partial charge in [-0.05, 0) is 49.6 Å². The Morgan fingerprint density at radius 1 is 1.03 bits per heavy atom. The molecule has 0 unspecified atom stereocenters. The average Bonchev–Trinajstić information content (AvgIpc) is 2.90. The SMILES string of the molecule is COc1cccc(CN(C(=O)CN(c2ccccc2)S(=O)(=O)N(C)C)[C@@H](C)C(=O)NC2CCCCC2)c1. The average molecular weight is 531 g/mol. The normalized spacial score (nSPS) is 15.2. The predicted molar refractivity (Wildman–Crippen MR) is 144 cm³/mol. The van der Waals surface area contributed by atoms with Crippen LogP contribution in [-0.2, 0) is 26.3 Å². The maximum atomic E-state index is 13.8. The van der Waals surface area contributed by atoms with Crippen LogP contribution < -0.4 is 14.4 Å². The molecule has 0 aliphatic heterocycles. The number of ether oxygens (including phenoxy) is 1. The van der Waals surface area contributed by atoms with Crippen LogP contribution in [0.3, 0.4) is 0 Å². The zero-order chi connectivity index (χ0) is 27.0. The third-order valence-corrected chi connectivity index (χ3v) is 8.49. The van der Waals surface area contributed by atoms with Crippen LogP contribution in [0.25, 0.3) is 0 Å². The lowest BCUT2D eigenvalue weighted by Gasteiger charge is -2.34. The van der Waals surface area contributed by atoms with Gasteiger partial charge in [-0.15, -0.1) is 0 Å². The highest BCUT2D eigenvalue weighted by molar-refractivity contribution is 7.90. The van der Waals surface area contributed by atoms with Gasteiger partial charge in [-0.2, -0.15) is 12.7 Å². The summed E-state index contributed by atoms with van der Waals surface area (Å²) in [6.45, 7) is 1.36. The third-order valence-electron chi connectivity index (χ3n) is 6.67. The summed E-state index contributed by atoms with van der Waals surface area (Å²) in [5.74, 6) is -0.0985. The first-order chi connectivity index (χ1) is 17.6. The molecule has 0 heterocycles. The number of rotatable bonds is 11. The second kappa shape index (κ2) is 12.9. The Kier molecular flexibility index (Phi) is 9.93. The number of benzene rings is 2. The number of anilines is 1. The van der Waals surface area contributed by atoms with E-state index in [0.717, 1.165) is 46.3 Å².